The van der Waals surface area contributed by atoms with E-state index < -0.39 is 47.1 Å². The zero-order valence-corrected chi connectivity index (χ0v) is 19.2. The molecule has 186 valence electrons. The molecule has 0 N–H and O–H groups in total. The van der Waals surface area contributed by atoms with E-state index in [0.29, 0.717) is 17.7 Å². The summed E-state index contributed by atoms with van der Waals surface area (Å²) in [5, 5.41) is 0. The summed E-state index contributed by atoms with van der Waals surface area (Å²) in [5.74, 6) is -4.32. The Balaban J connectivity index is 2.21. The number of nitrogens with zero attached hydrogens (tertiary/aromatic N) is 1. The predicted molar refractivity (Wildman–Crippen MR) is 114 cm³/mol. The first-order chi connectivity index (χ1) is 15.7. The summed E-state index contributed by atoms with van der Waals surface area (Å²) in [6.07, 6.45) is -6.40. The van der Waals surface area contributed by atoms with Crippen molar-refractivity contribution in [3.63, 3.8) is 0 Å². The minimum atomic E-state index is -5.19. The molecule has 0 spiro atoms. The van der Waals surface area contributed by atoms with Crippen LogP contribution in [0.15, 0.2) is 42.5 Å². The molecule has 0 bridgehead atoms. The Morgan fingerprint density at radius 2 is 1.53 bits per heavy atom. The summed E-state index contributed by atoms with van der Waals surface area (Å²) < 4.78 is 76.9. The van der Waals surface area contributed by atoms with Crippen molar-refractivity contribution in [2.45, 2.75) is 58.0 Å². The van der Waals surface area contributed by atoms with Crippen molar-refractivity contribution in [3.8, 4) is 0 Å². The van der Waals surface area contributed by atoms with Gasteiger partial charge in [-0.25, -0.2) is 18.4 Å². The van der Waals surface area contributed by atoms with E-state index in [1.807, 2.05) is 0 Å². The minimum absolute atomic E-state index is 0.0815. The smallest absolute Gasteiger partial charge is 0.422 e. The molecule has 0 heterocycles. The first-order valence-electron chi connectivity index (χ1n) is 10.4. The molecule has 0 aromatic heterocycles. The van der Waals surface area contributed by atoms with E-state index in [0.717, 1.165) is 4.90 Å². The number of likely N-dealkylation sites (N-methyl/N-ethyl adjacent to an activating group) is 1. The summed E-state index contributed by atoms with van der Waals surface area (Å²) >= 11 is 0. The Kier molecular flexibility index (Phi) is 8.63. The van der Waals surface area contributed by atoms with E-state index in [-0.39, 0.29) is 25.0 Å². The highest BCUT2D eigenvalue weighted by Crippen LogP contribution is 2.34. The summed E-state index contributed by atoms with van der Waals surface area (Å²) in [7, 11) is 1.30. The number of carbonyl (C=O) groups excluding carboxylic acids is 2. The molecule has 0 radical (unpaired) electrons. The van der Waals surface area contributed by atoms with Crippen molar-refractivity contribution in [3.05, 3.63) is 70.8 Å². The number of alkyl halides is 3. The monoisotopic (exact) mass is 487 g/mol. The number of aryl methyl sites for hydroxylation is 1. The SMILES string of the molecule is CN(C(=O)OC(C)(C)C)C(CCc1cc(F)c(C(F)(F)F)c(F)c1)C(=O)OCc1ccccc1. The molecular formula is C24H26F5NO4. The zero-order chi connectivity index (χ0) is 25.7. The first-order valence-corrected chi connectivity index (χ1v) is 10.4. The molecule has 2 rings (SSSR count). The number of amides is 1. The molecule has 0 saturated heterocycles. The molecular weight excluding hydrogens is 461 g/mol. The highest BCUT2D eigenvalue weighted by molar-refractivity contribution is 5.81. The quantitative estimate of drug-likeness (QED) is 0.361. The lowest BCUT2D eigenvalue weighted by molar-refractivity contribution is -0.151. The van der Waals surface area contributed by atoms with Crippen molar-refractivity contribution in [2.24, 2.45) is 0 Å². The van der Waals surface area contributed by atoms with E-state index in [1.165, 1.54) is 7.05 Å². The van der Waals surface area contributed by atoms with Gasteiger partial charge in [0.05, 0.1) is 0 Å². The van der Waals surface area contributed by atoms with Gasteiger partial charge >= 0.3 is 18.2 Å². The maximum Gasteiger partial charge on any atom is 0.422 e. The molecule has 34 heavy (non-hydrogen) atoms. The molecule has 0 fully saturated rings. The van der Waals surface area contributed by atoms with E-state index in [9.17, 15) is 31.5 Å². The number of esters is 1. The molecule has 10 heteroatoms. The van der Waals surface area contributed by atoms with Crippen molar-refractivity contribution < 1.29 is 41.0 Å². The fourth-order valence-corrected chi connectivity index (χ4v) is 3.10. The van der Waals surface area contributed by atoms with Gasteiger partial charge in [0.2, 0.25) is 0 Å². The number of hydrogen-bond acceptors (Lipinski definition) is 4. The normalized spacial score (nSPS) is 12.7. The van der Waals surface area contributed by atoms with Gasteiger partial charge in [0.25, 0.3) is 0 Å². The Hall–Kier alpha value is -3.17. The maximum absolute atomic E-state index is 13.9. The minimum Gasteiger partial charge on any atom is -0.459 e. The number of ether oxygens (including phenoxy) is 2. The van der Waals surface area contributed by atoms with Gasteiger partial charge in [0.15, 0.2) is 0 Å². The highest BCUT2D eigenvalue weighted by atomic mass is 19.4. The van der Waals surface area contributed by atoms with Crippen LogP contribution in [-0.4, -0.2) is 35.7 Å². The molecule has 2 aromatic carbocycles. The molecule has 0 saturated carbocycles. The number of halogens is 5. The van der Waals surface area contributed by atoms with Gasteiger partial charge in [-0.2, -0.15) is 13.2 Å². The summed E-state index contributed by atoms with van der Waals surface area (Å²) in [6, 6.07) is 8.65. The van der Waals surface area contributed by atoms with Gasteiger partial charge in [0.1, 0.15) is 35.4 Å². The van der Waals surface area contributed by atoms with Gasteiger partial charge in [-0.1, -0.05) is 30.3 Å². The Labute approximate surface area is 194 Å². The van der Waals surface area contributed by atoms with Crippen molar-refractivity contribution >= 4 is 12.1 Å². The molecule has 5 nitrogen and oxygen atoms in total. The summed E-state index contributed by atoms with van der Waals surface area (Å²) in [6.45, 7) is 4.82. The number of carbonyl (C=O) groups is 2. The van der Waals surface area contributed by atoms with Crippen LogP contribution >= 0.6 is 0 Å². The Morgan fingerprint density at radius 1 is 0.971 bits per heavy atom. The van der Waals surface area contributed by atoms with Crippen LogP contribution in [0.25, 0.3) is 0 Å². The van der Waals surface area contributed by atoms with Gasteiger partial charge in [-0.3, -0.25) is 4.90 Å². The summed E-state index contributed by atoms with van der Waals surface area (Å²) in [4.78, 5) is 26.3. The number of hydrogen-bond donors (Lipinski definition) is 0. The number of rotatable bonds is 7. The van der Waals surface area contributed by atoms with Gasteiger partial charge in [-0.05, 0) is 56.9 Å². The average molecular weight is 487 g/mol. The van der Waals surface area contributed by atoms with Gasteiger partial charge in [-0.15, -0.1) is 0 Å². The number of benzene rings is 2. The van der Waals surface area contributed by atoms with Crippen molar-refractivity contribution in [1.82, 2.24) is 4.90 Å². The Bertz CT molecular complexity index is 980. The molecule has 1 amide bonds. The zero-order valence-electron chi connectivity index (χ0n) is 19.2. The summed E-state index contributed by atoms with van der Waals surface area (Å²) in [5.41, 5.74) is -2.26. The molecule has 1 atom stereocenters. The van der Waals surface area contributed by atoms with Gasteiger partial charge < -0.3 is 9.47 Å². The van der Waals surface area contributed by atoms with Crippen LogP contribution in [-0.2, 0) is 33.5 Å². The fraction of sp³-hybridized carbons (Fsp3) is 0.417. The molecule has 0 aliphatic heterocycles. The van der Waals surface area contributed by atoms with Crippen LogP contribution in [0, 0.1) is 11.6 Å². The van der Waals surface area contributed by atoms with Crippen molar-refractivity contribution in [1.29, 1.82) is 0 Å². The van der Waals surface area contributed by atoms with E-state index in [4.69, 9.17) is 9.47 Å². The third-order valence-electron chi connectivity index (χ3n) is 4.74. The molecule has 0 aliphatic rings. The van der Waals surface area contributed by atoms with E-state index in [2.05, 4.69) is 0 Å². The lowest BCUT2D eigenvalue weighted by Gasteiger charge is -2.29. The van der Waals surface area contributed by atoms with Crippen LogP contribution in [0.3, 0.4) is 0 Å². The molecule has 0 aliphatic carbocycles. The predicted octanol–water partition coefficient (Wildman–Crippen LogP) is 5.90. The van der Waals surface area contributed by atoms with Crippen LogP contribution < -0.4 is 0 Å². The lowest BCUT2D eigenvalue weighted by Crippen LogP contribution is -2.45. The van der Waals surface area contributed by atoms with Crippen LogP contribution in [0.1, 0.15) is 43.9 Å². The topological polar surface area (TPSA) is 55.8 Å². The third-order valence-corrected chi connectivity index (χ3v) is 4.74. The van der Waals surface area contributed by atoms with Gasteiger partial charge in [0, 0.05) is 7.05 Å². The van der Waals surface area contributed by atoms with Crippen LogP contribution in [0.2, 0.25) is 0 Å². The molecule has 2 aromatic rings. The average Bonchev–Trinajstić information content (AvgIpc) is 2.70. The second-order valence-corrected chi connectivity index (χ2v) is 8.67. The molecule has 1 unspecified atom stereocenters. The first kappa shape index (κ1) is 27.1. The largest absolute Gasteiger partial charge is 0.459 e. The lowest BCUT2D eigenvalue weighted by atomic mass is 10.0. The fourth-order valence-electron chi connectivity index (χ4n) is 3.10. The van der Waals surface area contributed by atoms with Crippen LogP contribution in [0.4, 0.5) is 26.7 Å². The van der Waals surface area contributed by atoms with Crippen LogP contribution in [0.5, 0.6) is 0 Å². The standard InChI is InChI=1S/C24H26F5NO4/c1-23(2,3)34-22(32)30(4)19(21(31)33-14-15-8-6-5-7-9-15)11-10-16-12-17(25)20(18(26)13-16)24(27,28)29/h5-9,12-13,19H,10-11,14H2,1-4H3. The maximum atomic E-state index is 13.9. The van der Waals surface area contributed by atoms with E-state index in [1.54, 1.807) is 51.1 Å². The highest BCUT2D eigenvalue weighted by Gasteiger charge is 2.38. The Morgan fingerprint density at radius 3 is 2.03 bits per heavy atom. The second-order valence-electron chi connectivity index (χ2n) is 8.67. The second kappa shape index (κ2) is 10.8. The third kappa shape index (κ3) is 7.71. The van der Waals surface area contributed by atoms with Crippen molar-refractivity contribution in [2.75, 3.05) is 7.05 Å². The van der Waals surface area contributed by atoms with E-state index >= 15 is 0 Å².